The molecule has 1 saturated heterocycles. The molecule has 26 heavy (non-hydrogen) atoms. The molecule has 4 atom stereocenters. The van der Waals surface area contributed by atoms with Crippen molar-refractivity contribution in [1.82, 2.24) is 19.9 Å². The van der Waals surface area contributed by atoms with Crippen LogP contribution >= 0.6 is 11.3 Å². The van der Waals surface area contributed by atoms with Gasteiger partial charge in [0, 0.05) is 30.9 Å². The Balaban J connectivity index is 1.36. The van der Waals surface area contributed by atoms with E-state index in [1.54, 1.807) is 29.9 Å². The topological polar surface area (TPSA) is 74.2 Å². The molecule has 1 saturated carbocycles. The lowest BCUT2D eigenvalue weighted by molar-refractivity contribution is 0.0735. The number of hydrogen-bond acceptors (Lipinski definition) is 7. The van der Waals surface area contributed by atoms with Gasteiger partial charge in [0.05, 0.1) is 30.6 Å². The minimum Gasteiger partial charge on any atom is -0.391 e. The minimum absolute atomic E-state index is 0.0558. The quantitative estimate of drug-likeness (QED) is 0.839. The summed E-state index contributed by atoms with van der Waals surface area (Å²) in [5, 5.41) is 17.3. The largest absolute Gasteiger partial charge is 0.391 e. The number of nitrogens with zero attached hydrogens (tertiary/aromatic N) is 4. The van der Waals surface area contributed by atoms with Crippen LogP contribution in [0.25, 0.3) is 0 Å². The molecule has 4 rings (SSSR count). The highest BCUT2D eigenvalue weighted by Gasteiger charge is 2.41. The lowest BCUT2D eigenvalue weighted by Crippen LogP contribution is -2.43. The summed E-state index contributed by atoms with van der Waals surface area (Å²) >= 11 is 1.77. The minimum atomic E-state index is -0.328. The molecule has 6 nitrogen and oxygen atoms in total. The van der Waals surface area contributed by atoms with Crippen LogP contribution in [0.5, 0.6) is 0 Å². The van der Waals surface area contributed by atoms with Crippen LogP contribution in [0.4, 0.5) is 5.82 Å². The van der Waals surface area contributed by atoms with Gasteiger partial charge in [-0.05, 0) is 30.6 Å². The molecule has 0 aromatic carbocycles. The summed E-state index contributed by atoms with van der Waals surface area (Å²) < 4.78 is 0. The Labute approximate surface area is 158 Å². The second-order valence-corrected chi connectivity index (χ2v) is 8.86. The van der Waals surface area contributed by atoms with Gasteiger partial charge in [-0.25, -0.2) is 9.97 Å². The number of rotatable bonds is 5. The Bertz CT molecular complexity index is 722. The molecule has 7 heteroatoms. The van der Waals surface area contributed by atoms with Gasteiger partial charge in [-0.2, -0.15) is 0 Å². The molecule has 1 aliphatic heterocycles. The summed E-state index contributed by atoms with van der Waals surface area (Å²) in [4.78, 5) is 15.7. The highest BCUT2D eigenvalue weighted by Crippen LogP contribution is 2.38. The van der Waals surface area contributed by atoms with E-state index >= 15 is 0 Å². The van der Waals surface area contributed by atoms with Crippen molar-refractivity contribution in [2.45, 2.75) is 51.3 Å². The predicted octanol–water partition coefficient (Wildman–Crippen LogP) is 2.74. The fraction of sp³-hybridized carbons (Fsp3) is 0.632. The molecule has 2 fully saturated rings. The first-order valence-corrected chi connectivity index (χ1v) is 10.3. The summed E-state index contributed by atoms with van der Waals surface area (Å²) in [6.07, 6.45) is 6.57. The fourth-order valence-corrected chi connectivity index (χ4v) is 5.23. The smallest absolute Gasteiger partial charge is 0.144 e. The Hall–Kier alpha value is -1.57. The summed E-state index contributed by atoms with van der Waals surface area (Å²) in [5.74, 6) is 2.43. The van der Waals surface area contributed by atoms with Crippen LogP contribution < -0.4 is 5.32 Å². The van der Waals surface area contributed by atoms with Crippen LogP contribution in [0.15, 0.2) is 24.0 Å². The first-order chi connectivity index (χ1) is 12.6. The van der Waals surface area contributed by atoms with Crippen LogP contribution in [-0.2, 0) is 6.54 Å². The SMILES string of the molecule is CC(C)c1csc(CN2C[C@H]3C[C@@H](Nc4cnccn4)[C@H](O)C[C@H]3C2)n1. The van der Waals surface area contributed by atoms with E-state index in [-0.39, 0.29) is 12.1 Å². The zero-order valence-corrected chi connectivity index (χ0v) is 16.2. The summed E-state index contributed by atoms with van der Waals surface area (Å²) in [5.41, 5.74) is 1.20. The highest BCUT2D eigenvalue weighted by atomic mass is 32.1. The van der Waals surface area contributed by atoms with E-state index < -0.39 is 0 Å². The maximum Gasteiger partial charge on any atom is 0.144 e. The van der Waals surface area contributed by atoms with Crippen LogP contribution in [0.1, 0.15) is 43.3 Å². The molecule has 2 aromatic rings. The average molecular weight is 374 g/mol. The third-order valence-corrected chi connectivity index (χ3v) is 6.49. The molecule has 2 N–H and O–H groups in total. The third-order valence-electron chi connectivity index (χ3n) is 5.63. The Morgan fingerprint density at radius 3 is 2.77 bits per heavy atom. The summed E-state index contributed by atoms with van der Waals surface area (Å²) in [7, 11) is 0. The molecule has 0 radical (unpaired) electrons. The average Bonchev–Trinajstić information content (AvgIpc) is 3.23. The number of hydrogen-bond donors (Lipinski definition) is 2. The van der Waals surface area contributed by atoms with Crippen molar-refractivity contribution in [3.63, 3.8) is 0 Å². The number of aliphatic hydroxyl groups is 1. The maximum absolute atomic E-state index is 10.6. The third kappa shape index (κ3) is 3.89. The number of aliphatic hydroxyl groups excluding tert-OH is 1. The van der Waals surface area contributed by atoms with Crippen molar-refractivity contribution in [2.75, 3.05) is 18.4 Å². The van der Waals surface area contributed by atoms with Crippen molar-refractivity contribution >= 4 is 17.2 Å². The zero-order valence-electron chi connectivity index (χ0n) is 15.4. The van der Waals surface area contributed by atoms with Gasteiger partial charge in [0.15, 0.2) is 0 Å². The number of thiazole rings is 1. The molecule has 2 aliphatic rings. The van der Waals surface area contributed by atoms with Gasteiger partial charge in [-0.1, -0.05) is 13.8 Å². The maximum atomic E-state index is 10.6. The number of anilines is 1. The van der Waals surface area contributed by atoms with E-state index in [0.717, 1.165) is 38.3 Å². The number of fused-ring (bicyclic) bond motifs is 1. The first kappa shape index (κ1) is 17.8. The number of nitrogens with one attached hydrogen (secondary N) is 1. The molecule has 1 aliphatic carbocycles. The fourth-order valence-electron chi connectivity index (χ4n) is 4.23. The van der Waals surface area contributed by atoms with Gasteiger partial charge in [0.2, 0.25) is 0 Å². The van der Waals surface area contributed by atoms with Crippen molar-refractivity contribution in [3.05, 3.63) is 34.7 Å². The van der Waals surface area contributed by atoms with Crippen molar-refractivity contribution in [1.29, 1.82) is 0 Å². The zero-order chi connectivity index (χ0) is 18.1. The Morgan fingerprint density at radius 2 is 2.08 bits per heavy atom. The molecule has 0 spiro atoms. The van der Waals surface area contributed by atoms with Crippen LogP contribution in [0, 0.1) is 11.8 Å². The molecule has 140 valence electrons. The van der Waals surface area contributed by atoms with Gasteiger partial charge in [0.25, 0.3) is 0 Å². The molecule has 0 amide bonds. The van der Waals surface area contributed by atoms with Gasteiger partial charge >= 0.3 is 0 Å². The van der Waals surface area contributed by atoms with Crippen molar-refractivity contribution in [3.8, 4) is 0 Å². The van der Waals surface area contributed by atoms with E-state index in [4.69, 9.17) is 4.98 Å². The van der Waals surface area contributed by atoms with Crippen LogP contribution in [0.3, 0.4) is 0 Å². The standard InChI is InChI=1S/C19H27N5OS/c1-12(2)16-11-26-19(23-16)10-24-8-13-5-15(17(25)6-14(13)9-24)22-18-7-20-3-4-21-18/h3-4,7,11-15,17,25H,5-6,8-10H2,1-2H3,(H,21,22)/t13-,14+,15-,17-/m1/s1. The lowest BCUT2D eigenvalue weighted by atomic mass is 9.77. The Morgan fingerprint density at radius 1 is 1.27 bits per heavy atom. The van der Waals surface area contributed by atoms with Gasteiger partial charge < -0.3 is 10.4 Å². The Kier molecular flexibility index (Phi) is 5.20. The van der Waals surface area contributed by atoms with Gasteiger partial charge in [-0.3, -0.25) is 9.88 Å². The number of aromatic nitrogens is 3. The molecular formula is C19H27N5OS. The monoisotopic (exact) mass is 373 g/mol. The van der Waals surface area contributed by atoms with Gasteiger partial charge in [0.1, 0.15) is 10.8 Å². The highest BCUT2D eigenvalue weighted by molar-refractivity contribution is 7.09. The molecule has 3 heterocycles. The van der Waals surface area contributed by atoms with E-state index in [2.05, 4.69) is 39.4 Å². The second-order valence-electron chi connectivity index (χ2n) is 7.92. The van der Waals surface area contributed by atoms with E-state index in [1.807, 2.05) is 0 Å². The molecule has 2 aromatic heterocycles. The van der Waals surface area contributed by atoms with Crippen LogP contribution in [-0.4, -0.2) is 50.2 Å². The molecule has 0 bridgehead atoms. The van der Waals surface area contributed by atoms with E-state index in [0.29, 0.717) is 17.8 Å². The van der Waals surface area contributed by atoms with Crippen molar-refractivity contribution < 1.29 is 5.11 Å². The van der Waals surface area contributed by atoms with Gasteiger partial charge in [-0.15, -0.1) is 11.3 Å². The van der Waals surface area contributed by atoms with E-state index in [1.165, 1.54) is 10.7 Å². The van der Waals surface area contributed by atoms with Crippen LogP contribution in [0.2, 0.25) is 0 Å². The molecular weight excluding hydrogens is 346 g/mol. The molecule has 0 unspecified atom stereocenters. The summed E-state index contributed by atoms with van der Waals surface area (Å²) in [6.45, 7) is 7.47. The first-order valence-electron chi connectivity index (χ1n) is 9.45. The normalized spacial score (nSPS) is 29.1. The second kappa shape index (κ2) is 7.58. The lowest BCUT2D eigenvalue weighted by Gasteiger charge is -2.35. The summed E-state index contributed by atoms with van der Waals surface area (Å²) in [6, 6.07) is 0.0558. The predicted molar refractivity (Wildman–Crippen MR) is 103 cm³/mol. The van der Waals surface area contributed by atoms with Crippen molar-refractivity contribution in [2.24, 2.45) is 11.8 Å². The number of likely N-dealkylation sites (tertiary alicyclic amines) is 1. The van der Waals surface area contributed by atoms with E-state index in [9.17, 15) is 5.11 Å².